The first kappa shape index (κ1) is 18.9. The van der Waals surface area contributed by atoms with Crippen LogP contribution in [0, 0.1) is 6.92 Å². The van der Waals surface area contributed by atoms with E-state index in [1.807, 2.05) is 31.2 Å². The Morgan fingerprint density at radius 2 is 1.93 bits per heavy atom. The molecule has 8 heteroatoms. The molecule has 0 aliphatic carbocycles. The first-order valence-electron chi connectivity index (χ1n) is 8.19. The van der Waals surface area contributed by atoms with Crippen LogP contribution in [0.1, 0.15) is 21.7 Å². The number of anilines is 1. The van der Waals surface area contributed by atoms with Gasteiger partial charge in [-0.3, -0.25) is 4.79 Å². The highest BCUT2D eigenvalue weighted by Crippen LogP contribution is 2.21. The van der Waals surface area contributed by atoms with Crippen LogP contribution in [0.15, 0.2) is 42.5 Å². The minimum absolute atomic E-state index is 0.182. The number of halogens is 1. The molecular weight excluding hydrogens is 368 g/mol. The van der Waals surface area contributed by atoms with Crippen LogP contribution in [0.5, 0.6) is 5.75 Å². The van der Waals surface area contributed by atoms with Gasteiger partial charge in [0.1, 0.15) is 11.4 Å². The third-order valence-electron chi connectivity index (χ3n) is 3.99. The fourth-order valence-electron chi connectivity index (χ4n) is 2.59. The maximum atomic E-state index is 12.7. The van der Waals surface area contributed by atoms with E-state index in [0.717, 1.165) is 17.0 Å². The number of ether oxygens (including phenoxy) is 2. The summed E-state index contributed by atoms with van der Waals surface area (Å²) < 4.78 is 12.0. The summed E-state index contributed by atoms with van der Waals surface area (Å²) in [6.45, 7) is 2.05. The summed E-state index contributed by atoms with van der Waals surface area (Å²) in [6.07, 6.45) is 0. The van der Waals surface area contributed by atoms with E-state index in [2.05, 4.69) is 15.6 Å². The van der Waals surface area contributed by atoms with Crippen molar-refractivity contribution >= 4 is 23.2 Å². The highest BCUT2D eigenvalue weighted by atomic mass is 35.5. The summed E-state index contributed by atoms with van der Waals surface area (Å²) in [5, 5.41) is 11.6. The predicted octanol–water partition coefficient (Wildman–Crippen LogP) is 3.64. The molecule has 1 N–H and O–H groups in total. The molecule has 0 fully saturated rings. The number of carbonyl (C=O) groups is 1. The number of carbonyl (C=O) groups excluding carboxylic acids is 1. The minimum Gasteiger partial charge on any atom is -0.497 e. The zero-order valence-electron chi connectivity index (χ0n) is 15.2. The first-order valence-corrected chi connectivity index (χ1v) is 8.56. The number of methoxy groups -OCH3 is 2. The molecule has 0 aliphatic heterocycles. The van der Waals surface area contributed by atoms with Gasteiger partial charge < -0.3 is 14.8 Å². The molecule has 0 saturated heterocycles. The average molecular weight is 387 g/mol. The molecule has 0 radical (unpaired) electrons. The van der Waals surface area contributed by atoms with Gasteiger partial charge in [-0.25, -0.2) is 4.68 Å². The quantitative estimate of drug-likeness (QED) is 0.699. The number of aryl methyl sites for hydroxylation is 1. The molecule has 1 amide bonds. The zero-order valence-corrected chi connectivity index (χ0v) is 15.9. The van der Waals surface area contributed by atoms with Crippen LogP contribution in [-0.2, 0) is 11.3 Å². The number of nitrogens with zero attached hydrogens (tertiary/aromatic N) is 3. The Balaban J connectivity index is 1.91. The van der Waals surface area contributed by atoms with E-state index in [1.54, 1.807) is 37.1 Å². The molecular formula is C19H19ClN4O3. The number of benzene rings is 2. The maximum absolute atomic E-state index is 12.7. The van der Waals surface area contributed by atoms with Crippen molar-refractivity contribution in [3.05, 3.63) is 64.4 Å². The van der Waals surface area contributed by atoms with Crippen molar-refractivity contribution in [3.63, 3.8) is 0 Å². The lowest BCUT2D eigenvalue weighted by Crippen LogP contribution is -2.16. The Labute approximate surface area is 161 Å². The van der Waals surface area contributed by atoms with E-state index in [1.165, 1.54) is 0 Å². The van der Waals surface area contributed by atoms with Gasteiger partial charge in [-0.15, -0.1) is 5.10 Å². The van der Waals surface area contributed by atoms with Crippen molar-refractivity contribution in [2.75, 3.05) is 19.5 Å². The van der Waals surface area contributed by atoms with Crippen LogP contribution < -0.4 is 10.1 Å². The molecule has 3 rings (SSSR count). The average Bonchev–Trinajstić information content (AvgIpc) is 3.09. The van der Waals surface area contributed by atoms with E-state index in [9.17, 15) is 4.79 Å². The van der Waals surface area contributed by atoms with Crippen LogP contribution in [0.4, 0.5) is 5.69 Å². The molecule has 1 heterocycles. The van der Waals surface area contributed by atoms with Crippen LogP contribution in [0.3, 0.4) is 0 Å². The summed E-state index contributed by atoms with van der Waals surface area (Å²) in [6, 6.07) is 12.5. The molecule has 140 valence electrons. The summed E-state index contributed by atoms with van der Waals surface area (Å²) in [5.41, 5.74) is 2.99. The van der Waals surface area contributed by atoms with E-state index in [-0.39, 0.29) is 18.2 Å². The van der Waals surface area contributed by atoms with Crippen LogP contribution in [0.25, 0.3) is 5.69 Å². The Morgan fingerprint density at radius 3 is 2.56 bits per heavy atom. The van der Waals surface area contributed by atoms with Crippen molar-refractivity contribution in [2.24, 2.45) is 0 Å². The number of hydrogen-bond acceptors (Lipinski definition) is 5. The fourth-order valence-corrected chi connectivity index (χ4v) is 2.71. The second-order valence-corrected chi connectivity index (χ2v) is 6.25. The molecule has 0 aliphatic rings. The third-order valence-corrected chi connectivity index (χ3v) is 4.42. The summed E-state index contributed by atoms with van der Waals surface area (Å²) >= 11 is 6.03. The number of rotatable bonds is 6. The Hall–Kier alpha value is -2.90. The Bertz CT molecular complexity index is 954. The second kappa shape index (κ2) is 8.20. The molecule has 0 spiro atoms. The summed E-state index contributed by atoms with van der Waals surface area (Å²) in [7, 11) is 3.15. The fraction of sp³-hybridized carbons (Fsp3) is 0.211. The highest BCUT2D eigenvalue weighted by molar-refractivity contribution is 6.31. The number of hydrogen-bond donors (Lipinski definition) is 1. The van der Waals surface area contributed by atoms with E-state index in [4.69, 9.17) is 21.1 Å². The lowest BCUT2D eigenvalue weighted by atomic mass is 10.2. The Kier molecular flexibility index (Phi) is 5.73. The van der Waals surface area contributed by atoms with Gasteiger partial charge in [0.2, 0.25) is 0 Å². The molecule has 1 aromatic heterocycles. The Morgan fingerprint density at radius 1 is 1.19 bits per heavy atom. The van der Waals surface area contributed by atoms with Gasteiger partial charge in [-0.2, -0.15) is 0 Å². The highest BCUT2D eigenvalue weighted by Gasteiger charge is 2.21. The van der Waals surface area contributed by atoms with Gasteiger partial charge in [0, 0.05) is 17.8 Å². The second-order valence-electron chi connectivity index (χ2n) is 5.85. The monoisotopic (exact) mass is 386 g/mol. The van der Waals surface area contributed by atoms with Crippen LogP contribution >= 0.6 is 11.6 Å². The van der Waals surface area contributed by atoms with Gasteiger partial charge in [-0.1, -0.05) is 16.8 Å². The summed E-state index contributed by atoms with van der Waals surface area (Å²) in [4.78, 5) is 12.7. The van der Waals surface area contributed by atoms with Crippen molar-refractivity contribution in [2.45, 2.75) is 13.5 Å². The molecule has 0 saturated carbocycles. The summed E-state index contributed by atoms with van der Waals surface area (Å²) in [5.74, 6) is 0.353. The molecule has 2 aromatic carbocycles. The molecule has 7 nitrogen and oxygen atoms in total. The molecule has 0 atom stereocenters. The topological polar surface area (TPSA) is 78.3 Å². The maximum Gasteiger partial charge on any atom is 0.278 e. The largest absolute Gasteiger partial charge is 0.497 e. The van der Waals surface area contributed by atoms with Crippen molar-refractivity contribution in [1.29, 1.82) is 0 Å². The number of aromatic nitrogens is 3. The normalized spacial score (nSPS) is 10.7. The van der Waals surface area contributed by atoms with Gasteiger partial charge in [-0.05, 0) is 55.0 Å². The van der Waals surface area contributed by atoms with Crippen LogP contribution in [-0.4, -0.2) is 35.1 Å². The lowest BCUT2D eigenvalue weighted by Gasteiger charge is -2.09. The van der Waals surface area contributed by atoms with Gasteiger partial charge in [0.15, 0.2) is 5.69 Å². The molecule has 0 unspecified atom stereocenters. The predicted molar refractivity (Wildman–Crippen MR) is 103 cm³/mol. The SMILES string of the molecule is COCc1c(C(=O)Nc2ccc(Cl)c(C)c2)nnn1-c1ccc(OC)cc1. The van der Waals surface area contributed by atoms with Crippen molar-refractivity contribution in [3.8, 4) is 11.4 Å². The number of nitrogens with one attached hydrogen (secondary N) is 1. The van der Waals surface area contributed by atoms with E-state index in [0.29, 0.717) is 16.4 Å². The van der Waals surface area contributed by atoms with Gasteiger partial charge in [0.05, 0.1) is 19.4 Å². The zero-order chi connectivity index (χ0) is 19.4. The first-order chi connectivity index (χ1) is 13.0. The van der Waals surface area contributed by atoms with E-state index >= 15 is 0 Å². The van der Waals surface area contributed by atoms with Gasteiger partial charge >= 0.3 is 0 Å². The standard InChI is InChI=1S/C19H19ClN4O3/c1-12-10-13(4-9-16(12)20)21-19(25)18-17(11-26-2)24(23-22-18)14-5-7-15(27-3)8-6-14/h4-10H,11H2,1-3H3,(H,21,25). The van der Waals surface area contributed by atoms with Crippen LogP contribution in [0.2, 0.25) is 5.02 Å². The molecule has 3 aromatic rings. The molecule has 27 heavy (non-hydrogen) atoms. The lowest BCUT2D eigenvalue weighted by molar-refractivity contribution is 0.101. The van der Waals surface area contributed by atoms with Crippen molar-refractivity contribution < 1.29 is 14.3 Å². The third kappa shape index (κ3) is 4.10. The van der Waals surface area contributed by atoms with Gasteiger partial charge in [0.25, 0.3) is 5.91 Å². The number of amides is 1. The smallest absolute Gasteiger partial charge is 0.278 e. The van der Waals surface area contributed by atoms with Crippen molar-refractivity contribution in [1.82, 2.24) is 15.0 Å². The molecule has 0 bridgehead atoms. The minimum atomic E-state index is -0.372. The van der Waals surface area contributed by atoms with E-state index < -0.39 is 0 Å².